The van der Waals surface area contributed by atoms with E-state index < -0.39 is 10.1 Å². The van der Waals surface area contributed by atoms with Crippen LogP contribution in [0.1, 0.15) is 163 Å². The molecule has 0 aliphatic rings. The Morgan fingerprint density at radius 1 is 0.632 bits per heavy atom. The first kappa shape index (κ1) is 40.9. The van der Waals surface area contributed by atoms with Crippen LogP contribution in [0, 0.1) is 0 Å². The third kappa shape index (κ3) is 27.0. The van der Waals surface area contributed by atoms with Crippen LogP contribution < -0.4 is 10.8 Å². The molecule has 0 rings (SSSR count). The van der Waals surface area contributed by atoms with E-state index >= 15 is 0 Å². The van der Waals surface area contributed by atoms with Crippen LogP contribution in [0.25, 0.3) is 0 Å². The van der Waals surface area contributed by atoms with Crippen LogP contribution in [0.5, 0.6) is 0 Å². The minimum absolute atomic E-state index is 0. The molecular formula is C30H65N2NaO4S. The summed E-state index contributed by atoms with van der Waals surface area (Å²) < 4.78 is 32.2. The van der Waals surface area contributed by atoms with E-state index in [-0.39, 0.29) is 53.5 Å². The molecule has 0 saturated carbocycles. The minimum atomic E-state index is -3.98. The van der Waals surface area contributed by atoms with Gasteiger partial charge in [0.15, 0.2) is 0 Å². The van der Waals surface area contributed by atoms with E-state index in [1.165, 1.54) is 103 Å². The maximum absolute atomic E-state index is 11.4. The number of hydroxylamine groups is 1. The second-order valence-electron chi connectivity index (χ2n) is 11.0. The van der Waals surface area contributed by atoms with Crippen molar-refractivity contribution in [3.8, 4) is 0 Å². The fraction of sp³-hybridized carbons (Fsp3) is 1.00. The molecule has 0 aromatic rings. The first-order chi connectivity index (χ1) is 17.9. The van der Waals surface area contributed by atoms with Crippen molar-refractivity contribution >= 4 is 39.7 Å². The first-order valence-electron chi connectivity index (χ1n) is 16.0. The summed E-state index contributed by atoms with van der Waals surface area (Å²) in [5.74, 6) is -0.226. The van der Waals surface area contributed by atoms with Gasteiger partial charge in [0.2, 0.25) is 0 Å². The van der Waals surface area contributed by atoms with Crippen LogP contribution in [0.4, 0.5) is 0 Å². The zero-order valence-electron chi connectivity index (χ0n) is 25.1. The zero-order valence-corrected chi connectivity index (χ0v) is 25.9. The van der Waals surface area contributed by atoms with E-state index in [1.807, 2.05) is 0 Å². The van der Waals surface area contributed by atoms with Crippen LogP contribution in [0.2, 0.25) is 0 Å². The Balaban J connectivity index is 0. The van der Waals surface area contributed by atoms with E-state index in [1.54, 1.807) is 0 Å². The van der Waals surface area contributed by atoms with Crippen LogP contribution in [-0.2, 0) is 15.0 Å². The van der Waals surface area contributed by atoms with Crippen molar-refractivity contribution < 1.29 is 17.8 Å². The standard InChI is InChI=1S/C30H64N2O4S.Na.H/c1-5-9-11-13-15-16-17-19-21-23-26-31-30(25-27-37(33,34)35)29(8-4)32-36-28(7-3)24-22-20-18-14-12-10-6-2;;/h28-32H,5-27H2,1-4H3,(H,33,34,35);;. The molecule has 0 amide bonds. The monoisotopic (exact) mass is 572 g/mol. The molecule has 3 N–H and O–H groups in total. The van der Waals surface area contributed by atoms with Crippen molar-refractivity contribution in [1.82, 2.24) is 10.8 Å². The summed E-state index contributed by atoms with van der Waals surface area (Å²) in [5, 5.41) is 3.57. The van der Waals surface area contributed by atoms with Gasteiger partial charge in [0.1, 0.15) is 0 Å². The molecule has 0 saturated heterocycles. The quantitative estimate of drug-likeness (QED) is 0.0368. The average Bonchev–Trinajstić information content (AvgIpc) is 2.87. The first-order valence-corrected chi connectivity index (χ1v) is 17.6. The summed E-state index contributed by atoms with van der Waals surface area (Å²) in [7, 11) is -3.98. The molecule has 6 nitrogen and oxygen atoms in total. The van der Waals surface area contributed by atoms with Gasteiger partial charge in [-0.05, 0) is 38.6 Å². The summed E-state index contributed by atoms with van der Waals surface area (Å²) in [5.41, 5.74) is 3.28. The van der Waals surface area contributed by atoms with Crippen molar-refractivity contribution in [3.63, 3.8) is 0 Å². The van der Waals surface area contributed by atoms with Crippen molar-refractivity contribution in [1.29, 1.82) is 0 Å². The molecule has 3 atom stereocenters. The fourth-order valence-electron chi connectivity index (χ4n) is 4.93. The molecule has 3 unspecified atom stereocenters. The number of hydrogen-bond acceptors (Lipinski definition) is 5. The SMILES string of the molecule is CCCCCCCCCCCCNC(CCS(=O)(=O)O)C(CC)NOC(CC)CCCCCCCCC.[NaH]. The summed E-state index contributed by atoms with van der Waals surface area (Å²) in [6.45, 7) is 9.63. The molecule has 0 aromatic heterocycles. The Kier molecular flexibility index (Phi) is 31.5. The summed E-state index contributed by atoms with van der Waals surface area (Å²) in [4.78, 5) is 6.11. The Bertz CT molecular complexity index is 581. The van der Waals surface area contributed by atoms with Gasteiger partial charge in [-0.3, -0.25) is 9.39 Å². The van der Waals surface area contributed by atoms with Gasteiger partial charge in [0.25, 0.3) is 10.1 Å². The topological polar surface area (TPSA) is 87.7 Å². The van der Waals surface area contributed by atoms with Gasteiger partial charge in [-0.1, -0.05) is 130 Å². The van der Waals surface area contributed by atoms with Gasteiger partial charge in [0.05, 0.1) is 11.9 Å². The Morgan fingerprint density at radius 3 is 1.55 bits per heavy atom. The third-order valence-corrected chi connectivity index (χ3v) is 8.27. The number of hydrogen-bond donors (Lipinski definition) is 3. The van der Waals surface area contributed by atoms with Crippen molar-refractivity contribution in [2.75, 3.05) is 12.3 Å². The Hall–Kier alpha value is 0.790. The molecule has 8 heteroatoms. The predicted octanol–water partition coefficient (Wildman–Crippen LogP) is 7.71. The van der Waals surface area contributed by atoms with Crippen LogP contribution in [0.15, 0.2) is 0 Å². The van der Waals surface area contributed by atoms with E-state index in [2.05, 4.69) is 38.5 Å². The van der Waals surface area contributed by atoms with Crippen molar-refractivity contribution in [2.45, 2.75) is 181 Å². The van der Waals surface area contributed by atoms with Gasteiger partial charge < -0.3 is 5.32 Å². The maximum atomic E-state index is 11.4. The summed E-state index contributed by atoms with van der Waals surface area (Å²) >= 11 is 0. The van der Waals surface area contributed by atoms with Crippen LogP contribution in [0.3, 0.4) is 0 Å². The zero-order chi connectivity index (χ0) is 27.6. The van der Waals surface area contributed by atoms with E-state index in [0.29, 0.717) is 6.42 Å². The number of nitrogens with one attached hydrogen (secondary N) is 2. The Labute approximate surface area is 260 Å². The normalized spacial score (nSPS) is 14.2. The molecule has 0 radical (unpaired) electrons. The summed E-state index contributed by atoms with van der Waals surface area (Å²) in [6, 6.07) is -0.0467. The Morgan fingerprint density at radius 2 is 1.11 bits per heavy atom. The van der Waals surface area contributed by atoms with E-state index in [9.17, 15) is 13.0 Å². The average molecular weight is 573 g/mol. The summed E-state index contributed by atoms with van der Waals surface area (Å²) in [6.07, 6.45) is 25.4. The molecule has 0 heterocycles. The predicted molar refractivity (Wildman–Crippen MR) is 167 cm³/mol. The molecular weight excluding hydrogens is 507 g/mol. The molecule has 0 spiro atoms. The number of rotatable bonds is 29. The second-order valence-corrected chi connectivity index (χ2v) is 12.6. The molecule has 0 aromatic carbocycles. The molecule has 0 aliphatic carbocycles. The fourth-order valence-corrected chi connectivity index (χ4v) is 5.48. The number of unbranched alkanes of at least 4 members (excludes halogenated alkanes) is 15. The van der Waals surface area contributed by atoms with Crippen molar-refractivity contribution in [3.05, 3.63) is 0 Å². The van der Waals surface area contributed by atoms with Crippen LogP contribution in [-0.4, -0.2) is 73.0 Å². The van der Waals surface area contributed by atoms with E-state index in [4.69, 9.17) is 4.84 Å². The molecule has 38 heavy (non-hydrogen) atoms. The van der Waals surface area contributed by atoms with Crippen molar-refractivity contribution in [2.24, 2.45) is 0 Å². The van der Waals surface area contributed by atoms with Gasteiger partial charge in [0, 0.05) is 12.1 Å². The van der Waals surface area contributed by atoms with Gasteiger partial charge in [-0.2, -0.15) is 13.9 Å². The van der Waals surface area contributed by atoms with Gasteiger partial charge >= 0.3 is 29.6 Å². The van der Waals surface area contributed by atoms with Gasteiger partial charge in [-0.15, -0.1) is 0 Å². The molecule has 0 aliphatic heterocycles. The second kappa shape index (κ2) is 29.3. The third-order valence-electron chi connectivity index (χ3n) is 7.52. The molecule has 0 fully saturated rings. The molecule has 226 valence electrons. The van der Waals surface area contributed by atoms with E-state index in [0.717, 1.165) is 32.2 Å². The van der Waals surface area contributed by atoms with Crippen LogP contribution >= 0.6 is 0 Å². The molecule has 0 bridgehead atoms. The van der Waals surface area contributed by atoms with Gasteiger partial charge in [-0.25, -0.2) is 0 Å².